The molecule has 2 aromatic heterocycles. The Bertz CT molecular complexity index is 755. The highest BCUT2D eigenvalue weighted by molar-refractivity contribution is 7.20. The minimum absolute atomic E-state index is 0.727. The van der Waals surface area contributed by atoms with Gasteiger partial charge in [-0.15, -0.1) is 0 Å². The van der Waals surface area contributed by atoms with Gasteiger partial charge in [-0.2, -0.15) is 9.78 Å². The van der Waals surface area contributed by atoms with Crippen molar-refractivity contribution in [2.75, 3.05) is 19.3 Å². The maximum Gasteiger partial charge on any atom is 0.213 e. The van der Waals surface area contributed by atoms with E-state index in [4.69, 9.17) is 5.73 Å². The highest BCUT2D eigenvalue weighted by Crippen LogP contribution is 2.30. The summed E-state index contributed by atoms with van der Waals surface area (Å²) in [6, 6.07) is 8.11. The summed E-state index contributed by atoms with van der Waals surface area (Å²) in [6.07, 6.45) is 0.952. The molecule has 0 saturated carbocycles. The quantitative estimate of drug-likeness (QED) is 0.743. The Morgan fingerprint density at radius 1 is 1.30 bits per heavy atom. The van der Waals surface area contributed by atoms with Gasteiger partial charge in [0.2, 0.25) is 5.13 Å². The average Bonchev–Trinajstić information content (AvgIpc) is 3.01. The number of hydrogen-bond donors (Lipinski definition) is 1. The second kappa shape index (κ2) is 4.29. The fourth-order valence-corrected chi connectivity index (χ4v) is 3.56. The Balaban J connectivity index is 1.86. The van der Waals surface area contributed by atoms with Crippen LogP contribution in [0.2, 0.25) is 0 Å². The Morgan fingerprint density at radius 3 is 3.00 bits per heavy atom. The molecular formula is C14H15N5S. The van der Waals surface area contributed by atoms with Gasteiger partial charge in [-0.3, -0.25) is 0 Å². The van der Waals surface area contributed by atoms with E-state index in [-0.39, 0.29) is 0 Å². The van der Waals surface area contributed by atoms with Crippen LogP contribution in [0.3, 0.4) is 0 Å². The van der Waals surface area contributed by atoms with Crippen LogP contribution in [0, 0.1) is 0 Å². The molecule has 0 unspecified atom stereocenters. The lowest BCUT2D eigenvalue weighted by Gasteiger charge is -2.21. The lowest BCUT2D eigenvalue weighted by atomic mass is 10.1. The molecule has 1 aliphatic heterocycles. The largest absolute Gasteiger partial charge is 0.383 e. The zero-order chi connectivity index (χ0) is 13.7. The van der Waals surface area contributed by atoms with Crippen molar-refractivity contribution in [3.05, 3.63) is 35.5 Å². The number of thiazole rings is 1. The summed E-state index contributed by atoms with van der Waals surface area (Å²) in [5, 5.41) is 5.51. The Hall–Kier alpha value is -1.92. The number of hydrogen-bond acceptors (Lipinski definition) is 5. The molecule has 102 valence electrons. The molecule has 3 aromatic rings. The number of aromatic nitrogens is 3. The van der Waals surface area contributed by atoms with Crippen LogP contribution in [0.25, 0.3) is 15.3 Å². The molecule has 0 amide bonds. The predicted molar refractivity (Wildman–Crippen MR) is 81.2 cm³/mol. The molecular weight excluding hydrogens is 270 g/mol. The Labute approximate surface area is 120 Å². The fraction of sp³-hybridized carbons (Fsp3) is 0.286. The van der Waals surface area contributed by atoms with Crippen molar-refractivity contribution in [2.24, 2.45) is 0 Å². The van der Waals surface area contributed by atoms with Gasteiger partial charge in [-0.05, 0) is 19.2 Å². The van der Waals surface area contributed by atoms with Gasteiger partial charge in [0.05, 0.1) is 15.9 Å². The number of nitrogen functional groups attached to an aromatic ring is 1. The number of likely N-dealkylation sites (N-methyl/N-ethyl adjacent to an activating group) is 1. The summed E-state index contributed by atoms with van der Waals surface area (Å²) >= 11 is 1.62. The van der Waals surface area contributed by atoms with Crippen LogP contribution in [0.15, 0.2) is 24.3 Å². The molecule has 6 heteroatoms. The third kappa shape index (κ3) is 1.72. The summed E-state index contributed by atoms with van der Waals surface area (Å²) in [6.45, 7) is 1.90. The molecule has 0 atom stereocenters. The predicted octanol–water partition coefficient (Wildman–Crippen LogP) is 2.05. The molecule has 3 heterocycles. The van der Waals surface area contributed by atoms with Gasteiger partial charge in [0, 0.05) is 25.1 Å². The number of nitrogens with zero attached hydrogens (tertiary/aromatic N) is 4. The van der Waals surface area contributed by atoms with E-state index in [9.17, 15) is 0 Å². The summed E-state index contributed by atoms with van der Waals surface area (Å²) in [5.74, 6) is 0.727. The molecule has 1 aromatic carbocycles. The van der Waals surface area contributed by atoms with E-state index in [1.807, 2.05) is 18.2 Å². The van der Waals surface area contributed by atoms with E-state index >= 15 is 0 Å². The SMILES string of the molecule is CN1CCc2nn(-c3nc4ccccc4s3)c(N)c2C1. The number of nitrogens with two attached hydrogens (primary N) is 1. The summed E-state index contributed by atoms with van der Waals surface area (Å²) in [4.78, 5) is 6.90. The molecule has 0 saturated heterocycles. The maximum absolute atomic E-state index is 6.28. The molecule has 2 N–H and O–H groups in total. The van der Waals surface area contributed by atoms with E-state index in [1.54, 1.807) is 16.0 Å². The van der Waals surface area contributed by atoms with Crippen molar-refractivity contribution in [3.63, 3.8) is 0 Å². The van der Waals surface area contributed by atoms with Gasteiger partial charge in [-0.1, -0.05) is 23.5 Å². The van der Waals surface area contributed by atoms with Crippen molar-refractivity contribution in [3.8, 4) is 5.13 Å². The second-order valence-corrected chi connectivity index (χ2v) is 6.18. The van der Waals surface area contributed by atoms with Crippen LogP contribution in [0.5, 0.6) is 0 Å². The van der Waals surface area contributed by atoms with Gasteiger partial charge in [0.25, 0.3) is 0 Å². The smallest absolute Gasteiger partial charge is 0.213 e. The van der Waals surface area contributed by atoms with Crippen molar-refractivity contribution < 1.29 is 0 Å². The number of benzene rings is 1. The monoisotopic (exact) mass is 285 g/mol. The lowest BCUT2D eigenvalue weighted by molar-refractivity contribution is 0.312. The van der Waals surface area contributed by atoms with Crippen LogP contribution in [-0.2, 0) is 13.0 Å². The molecule has 0 fully saturated rings. The van der Waals surface area contributed by atoms with E-state index in [2.05, 4.69) is 28.1 Å². The zero-order valence-corrected chi connectivity index (χ0v) is 12.0. The lowest BCUT2D eigenvalue weighted by Crippen LogP contribution is -2.26. The Morgan fingerprint density at radius 2 is 2.15 bits per heavy atom. The minimum atomic E-state index is 0.727. The third-order valence-electron chi connectivity index (χ3n) is 3.73. The highest BCUT2D eigenvalue weighted by atomic mass is 32.1. The fourth-order valence-electron chi connectivity index (χ4n) is 2.63. The van der Waals surface area contributed by atoms with E-state index in [0.717, 1.165) is 51.9 Å². The first kappa shape index (κ1) is 11.9. The van der Waals surface area contributed by atoms with Crippen molar-refractivity contribution in [2.45, 2.75) is 13.0 Å². The summed E-state index contributed by atoms with van der Waals surface area (Å²) in [5.41, 5.74) is 9.54. The number of anilines is 1. The first-order valence-corrected chi connectivity index (χ1v) is 7.45. The first-order chi connectivity index (χ1) is 9.72. The second-order valence-electron chi connectivity index (χ2n) is 5.17. The van der Waals surface area contributed by atoms with E-state index < -0.39 is 0 Å². The molecule has 5 nitrogen and oxygen atoms in total. The van der Waals surface area contributed by atoms with Crippen LogP contribution in [0.4, 0.5) is 5.82 Å². The number of para-hydroxylation sites is 1. The van der Waals surface area contributed by atoms with Gasteiger partial charge in [-0.25, -0.2) is 4.98 Å². The standard InChI is InChI=1S/C14H15N5S/c1-18-7-6-10-9(8-18)13(15)19(17-10)14-16-11-4-2-3-5-12(11)20-14/h2-5H,6-8,15H2,1H3. The van der Waals surface area contributed by atoms with Gasteiger partial charge in [0.1, 0.15) is 5.82 Å². The minimum Gasteiger partial charge on any atom is -0.383 e. The molecule has 0 aliphatic carbocycles. The zero-order valence-electron chi connectivity index (χ0n) is 11.2. The van der Waals surface area contributed by atoms with Crippen LogP contribution in [-0.4, -0.2) is 33.3 Å². The van der Waals surface area contributed by atoms with Crippen molar-refractivity contribution >= 4 is 27.4 Å². The van der Waals surface area contributed by atoms with Gasteiger partial charge >= 0.3 is 0 Å². The molecule has 0 bridgehead atoms. The van der Waals surface area contributed by atoms with Crippen LogP contribution >= 0.6 is 11.3 Å². The van der Waals surface area contributed by atoms with Gasteiger partial charge in [0.15, 0.2) is 0 Å². The third-order valence-corrected chi connectivity index (χ3v) is 4.74. The topological polar surface area (TPSA) is 60.0 Å². The van der Waals surface area contributed by atoms with Gasteiger partial charge < -0.3 is 10.6 Å². The molecule has 4 rings (SSSR count). The Kier molecular flexibility index (Phi) is 2.55. The van der Waals surface area contributed by atoms with E-state index in [1.165, 1.54) is 0 Å². The van der Waals surface area contributed by atoms with Crippen molar-refractivity contribution in [1.82, 2.24) is 19.7 Å². The molecule has 20 heavy (non-hydrogen) atoms. The molecule has 0 spiro atoms. The van der Waals surface area contributed by atoms with E-state index in [0.29, 0.717) is 0 Å². The summed E-state index contributed by atoms with van der Waals surface area (Å²) < 4.78 is 2.96. The number of rotatable bonds is 1. The number of fused-ring (bicyclic) bond motifs is 2. The maximum atomic E-state index is 6.28. The normalized spacial score (nSPS) is 15.7. The van der Waals surface area contributed by atoms with Crippen LogP contribution < -0.4 is 5.73 Å². The average molecular weight is 285 g/mol. The van der Waals surface area contributed by atoms with Crippen molar-refractivity contribution in [1.29, 1.82) is 0 Å². The first-order valence-electron chi connectivity index (χ1n) is 6.63. The highest BCUT2D eigenvalue weighted by Gasteiger charge is 2.23. The molecule has 0 radical (unpaired) electrons. The summed E-state index contributed by atoms with van der Waals surface area (Å²) in [7, 11) is 2.11. The molecule has 1 aliphatic rings. The van der Waals surface area contributed by atoms with Crippen LogP contribution in [0.1, 0.15) is 11.3 Å².